The summed E-state index contributed by atoms with van der Waals surface area (Å²) in [7, 11) is 0. The maximum absolute atomic E-state index is 12.2. The van der Waals surface area contributed by atoms with E-state index in [1.807, 2.05) is 12.1 Å². The number of halogens is 3. The van der Waals surface area contributed by atoms with Crippen LogP contribution >= 0.6 is 44.5 Å². The van der Waals surface area contributed by atoms with Crippen LogP contribution in [0.2, 0.25) is 5.02 Å². The lowest BCUT2D eigenvalue weighted by atomic mass is 10.0. The summed E-state index contributed by atoms with van der Waals surface area (Å²) in [6.45, 7) is 0. The van der Waals surface area contributed by atoms with Crippen LogP contribution < -0.4 is 0 Å². The number of carbonyl (C=O) groups is 1. The third-order valence-electron chi connectivity index (χ3n) is 2.34. The maximum atomic E-state index is 12.2. The highest BCUT2D eigenvalue weighted by Gasteiger charge is 2.18. The van der Waals surface area contributed by atoms with E-state index in [0.717, 1.165) is 5.56 Å². The first-order chi connectivity index (χ1) is 8.18. The Balaban J connectivity index is 0.00000162. The number of hydrogen-bond acceptors (Lipinski definition) is 2. The van der Waals surface area contributed by atoms with E-state index in [9.17, 15) is 4.79 Å². The van der Waals surface area contributed by atoms with Crippen molar-refractivity contribution < 1.29 is 4.79 Å². The van der Waals surface area contributed by atoms with Gasteiger partial charge in [0, 0.05) is 23.0 Å². The number of nitrogens with zero attached hydrogens (tertiary/aromatic N) is 1. The molecule has 0 saturated heterocycles. The zero-order valence-corrected chi connectivity index (χ0v) is 13.3. The number of carbonyl (C=O) groups excluding carboxylic acids is 1. The Labute approximate surface area is 129 Å². The average Bonchev–Trinajstić information content (AvgIpc) is 2.38. The van der Waals surface area contributed by atoms with Crippen LogP contribution in [0.3, 0.4) is 0 Å². The van der Waals surface area contributed by atoms with Gasteiger partial charge in [0.15, 0.2) is 5.78 Å². The van der Waals surface area contributed by atoms with E-state index in [4.69, 9.17) is 11.6 Å². The topological polar surface area (TPSA) is 30.0 Å². The lowest BCUT2D eigenvalue weighted by Crippen LogP contribution is -2.06. The van der Waals surface area contributed by atoms with Gasteiger partial charge in [0.2, 0.25) is 0 Å². The number of benzene rings is 1. The van der Waals surface area contributed by atoms with Crippen molar-refractivity contribution in [1.82, 2.24) is 4.98 Å². The van der Waals surface area contributed by atoms with Crippen molar-refractivity contribution >= 4 is 50.3 Å². The molecule has 0 aliphatic rings. The van der Waals surface area contributed by atoms with Gasteiger partial charge in [0.1, 0.15) is 4.83 Å². The molecule has 1 aromatic heterocycles. The van der Waals surface area contributed by atoms with E-state index in [0.29, 0.717) is 10.6 Å². The van der Waals surface area contributed by atoms with E-state index >= 15 is 0 Å². The smallest absolute Gasteiger partial charge is 0.180 e. The highest BCUT2D eigenvalue weighted by molar-refractivity contribution is 9.09. The van der Waals surface area contributed by atoms with Crippen LogP contribution in [-0.4, -0.2) is 10.8 Å². The van der Waals surface area contributed by atoms with E-state index in [1.54, 1.807) is 36.7 Å². The molecule has 5 heteroatoms. The van der Waals surface area contributed by atoms with Crippen molar-refractivity contribution in [3.63, 3.8) is 0 Å². The molecule has 1 aromatic carbocycles. The van der Waals surface area contributed by atoms with Gasteiger partial charge in [-0.05, 0) is 29.8 Å². The number of pyridine rings is 1. The highest BCUT2D eigenvalue weighted by Crippen LogP contribution is 2.27. The minimum atomic E-state index is -0.371. The summed E-state index contributed by atoms with van der Waals surface area (Å²) >= 11 is 9.25. The van der Waals surface area contributed by atoms with Gasteiger partial charge in [-0.25, -0.2) is 0 Å². The summed E-state index contributed by atoms with van der Waals surface area (Å²) in [5, 5.41) is 0.560. The van der Waals surface area contributed by atoms with Gasteiger partial charge < -0.3 is 0 Å². The normalized spacial score (nSPS) is 11.4. The van der Waals surface area contributed by atoms with Crippen LogP contribution in [0.4, 0.5) is 0 Å². The molecule has 1 heterocycles. The van der Waals surface area contributed by atoms with Gasteiger partial charge in [-0.2, -0.15) is 0 Å². The molecule has 2 aromatic rings. The summed E-state index contributed by atoms with van der Waals surface area (Å²) in [5.41, 5.74) is 1.47. The first-order valence-electron chi connectivity index (χ1n) is 5.02. The number of Topliss-reactive ketones (excluding diaryl/α,β-unsaturated/α-hetero) is 1. The van der Waals surface area contributed by atoms with Crippen molar-refractivity contribution in [2.24, 2.45) is 0 Å². The number of ketones is 1. The van der Waals surface area contributed by atoms with Crippen molar-refractivity contribution in [3.05, 3.63) is 64.9 Å². The zero-order chi connectivity index (χ0) is 12.3. The van der Waals surface area contributed by atoms with Crippen molar-refractivity contribution in [2.45, 2.75) is 4.83 Å². The lowest BCUT2D eigenvalue weighted by molar-refractivity contribution is 0.0991. The number of rotatable bonds is 3. The Morgan fingerprint density at radius 1 is 1.22 bits per heavy atom. The molecule has 0 radical (unpaired) electrons. The molecule has 0 fully saturated rings. The quantitative estimate of drug-likeness (QED) is 0.564. The molecule has 2 nitrogen and oxygen atoms in total. The fourth-order valence-corrected chi connectivity index (χ4v) is 2.23. The van der Waals surface area contributed by atoms with Crippen molar-refractivity contribution in [2.75, 3.05) is 0 Å². The van der Waals surface area contributed by atoms with Crippen LogP contribution in [0.15, 0.2) is 48.8 Å². The molecule has 0 bridgehead atoms. The Hall–Kier alpha value is -0.710. The molecule has 0 aliphatic carbocycles. The summed E-state index contributed by atoms with van der Waals surface area (Å²) in [4.78, 5) is 15.7. The number of alkyl halides is 1. The second-order valence-corrected chi connectivity index (χ2v) is 4.87. The first-order valence-corrected chi connectivity index (χ1v) is 6.31. The SMILES string of the molecule is Br.O=C(c1cccc(Cl)c1)C(Br)c1ccncc1. The standard InChI is InChI=1S/C13H9BrClNO.BrH/c14-12(9-4-6-16-7-5-9)13(17)10-2-1-3-11(15)8-10;/h1-8,12H;1H. The van der Waals surface area contributed by atoms with Crippen LogP contribution in [0, 0.1) is 0 Å². The van der Waals surface area contributed by atoms with Gasteiger partial charge in [-0.3, -0.25) is 9.78 Å². The Kier molecular flexibility index (Phi) is 5.99. The van der Waals surface area contributed by atoms with Crippen LogP contribution in [0.1, 0.15) is 20.7 Å². The molecule has 18 heavy (non-hydrogen) atoms. The predicted octanol–water partition coefficient (Wildman–Crippen LogP) is 4.63. The maximum Gasteiger partial charge on any atom is 0.180 e. The Morgan fingerprint density at radius 3 is 2.50 bits per heavy atom. The van der Waals surface area contributed by atoms with Gasteiger partial charge in [-0.15, -0.1) is 17.0 Å². The predicted molar refractivity (Wildman–Crippen MR) is 82.0 cm³/mol. The summed E-state index contributed by atoms with van der Waals surface area (Å²) in [5.74, 6) is -0.0151. The van der Waals surface area contributed by atoms with Gasteiger partial charge in [0.25, 0.3) is 0 Å². The van der Waals surface area contributed by atoms with E-state index in [1.165, 1.54) is 0 Å². The van der Waals surface area contributed by atoms with E-state index in [2.05, 4.69) is 20.9 Å². The first kappa shape index (κ1) is 15.3. The molecule has 1 atom stereocenters. The molecule has 0 spiro atoms. The molecule has 0 N–H and O–H groups in total. The fourth-order valence-electron chi connectivity index (χ4n) is 1.47. The van der Waals surface area contributed by atoms with Crippen LogP contribution in [0.5, 0.6) is 0 Å². The molecule has 0 saturated carbocycles. The summed E-state index contributed by atoms with van der Waals surface area (Å²) in [6.07, 6.45) is 3.32. The fraction of sp³-hybridized carbons (Fsp3) is 0.0769. The summed E-state index contributed by atoms with van der Waals surface area (Å²) < 4.78 is 0. The number of aromatic nitrogens is 1. The average molecular weight is 391 g/mol. The van der Waals surface area contributed by atoms with Crippen molar-refractivity contribution in [1.29, 1.82) is 0 Å². The third kappa shape index (κ3) is 3.64. The van der Waals surface area contributed by atoms with Gasteiger partial charge >= 0.3 is 0 Å². The van der Waals surface area contributed by atoms with E-state index in [-0.39, 0.29) is 27.6 Å². The Bertz CT molecular complexity index is 534. The monoisotopic (exact) mass is 389 g/mol. The third-order valence-corrected chi connectivity index (χ3v) is 3.52. The molecular formula is C13H10Br2ClNO. The second kappa shape index (κ2) is 7.02. The van der Waals surface area contributed by atoms with Gasteiger partial charge in [0.05, 0.1) is 0 Å². The van der Waals surface area contributed by atoms with Crippen molar-refractivity contribution in [3.8, 4) is 0 Å². The Morgan fingerprint density at radius 2 is 1.89 bits per heavy atom. The lowest BCUT2D eigenvalue weighted by Gasteiger charge is -2.09. The molecule has 0 amide bonds. The molecule has 2 rings (SSSR count). The van der Waals surface area contributed by atoms with Crippen LogP contribution in [-0.2, 0) is 0 Å². The molecule has 94 valence electrons. The second-order valence-electron chi connectivity index (χ2n) is 3.52. The molecular weight excluding hydrogens is 381 g/mol. The number of hydrogen-bond donors (Lipinski definition) is 0. The largest absolute Gasteiger partial charge is 0.293 e. The zero-order valence-electron chi connectivity index (χ0n) is 9.22. The molecule has 0 aliphatic heterocycles. The summed E-state index contributed by atoms with van der Waals surface area (Å²) in [6, 6.07) is 10.5. The minimum Gasteiger partial charge on any atom is -0.293 e. The minimum absolute atomic E-state index is 0. The molecule has 1 unspecified atom stereocenters. The van der Waals surface area contributed by atoms with Crippen LogP contribution in [0.25, 0.3) is 0 Å². The highest BCUT2D eigenvalue weighted by atomic mass is 79.9. The van der Waals surface area contributed by atoms with E-state index < -0.39 is 0 Å². The van der Waals surface area contributed by atoms with Gasteiger partial charge in [-0.1, -0.05) is 39.7 Å².